The minimum atomic E-state index is -0.477. The van der Waals surface area contributed by atoms with Gasteiger partial charge in [-0.1, -0.05) is 69.2 Å². The molecule has 1 aliphatic rings. The van der Waals surface area contributed by atoms with Crippen molar-refractivity contribution in [2.24, 2.45) is 11.8 Å². The Hall–Kier alpha value is -2.62. The van der Waals surface area contributed by atoms with Gasteiger partial charge in [0, 0.05) is 6.04 Å². The van der Waals surface area contributed by atoms with Crippen molar-refractivity contribution in [3.8, 4) is 11.1 Å². The van der Waals surface area contributed by atoms with Crippen LogP contribution in [0.1, 0.15) is 43.5 Å². The fraction of sp³-hybridized carbons (Fsp3) is 0.391. The summed E-state index contributed by atoms with van der Waals surface area (Å²) in [5, 5.41) is 3.02. The molecule has 0 aliphatic heterocycles. The standard InChI is InChI=1S/C23H27NO3/c1-16-7-6-10-21(17(16)2)24-22(25)15-27-23(26)20-13-11-19(12-14-20)18-8-4-3-5-9-18/h3-5,8-9,11-14,16-17,21H,6-7,10,15H2,1-2H3,(H,24,25)/t16-,17+,21-/m1/s1. The lowest BCUT2D eigenvalue weighted by Gasteiger charge is -2.34. The van der Waals surface area contributed by atoms with Crippen molar-refractivity contribution in [2.75, 3.05) is 6.61 Å². The number of carbonyl (C=O) groups is 2. The molecule has 0 heterocycles. The van der Waals surface area contributed by atoms with Crippen LogP contribution in [0.4, 0.5) is 0 Å². The number of nitrogens with one attached hydrogen (secondary N) is 1. The van der Waals surface area contributed by atoms with Crippen LogP contribution in [0, 0.1) is 11.8 Å². The molecule has 27 heavy (non-hydrogen) atoms. The van der Waals surface area contributed by atoms with Crippen LogP contribution < -0.4 is 5.32 Å². The minimum absolute atomic E-state index is 0.171. The van der Waals surface area contributed by atoms with Crippen molar-refractivity contribution in [1.82, 2.24) is 5.32 Å². The molecule has 0 unspecified atom stereocenters. The summed E-state index contributed by atoms with van der Waals surface area (Å²) in [5.74, 6) is 0.351. The van der Waals surface area contributed by atoms with E-state index in [1.54, 1.807) is 12.1 Å². The van der Waals surface area contributed by atoms with Gasteiger partial charge in [-0.2, -0.15) is 0 Å². The highest BCUT2D eigenvalue weighted by Gasteiger charge is 2.28. The molecule has 0 radical (unpaired) electrons. The monoisotopic (exact) mass is 365 g/mol. The van der Waals surface area contributed by atoms with E-state index >= 15 is 0 Å². The van der Waals surface area contributed by atoms with E-state index in [1.807, 2.05) is 42.5 Å². The average molecular weight is 365 g/mol. The van der Waals surface area contributed by atoms with Gasteiger partial charge in [-0.25, -0.2) is 4.79 Å². The van der Waals surface area contributed by atoms with Gasteiger partial charge < -0.3 is 10.1 Å². The largest absolute Gasteiger partial charge is 0.452 e. The highest BCUT2D eigenvalue weighted by molar-refractivity contribution is 5.91. The Balaban J connectivity index is 1.51. The summed E-state index contributed by atoms with van der Waals surface area (Å²) in [6, 6.07) is 17.4. The van der Waals surface area contributed by atoms with Crippen LogP contribution in [0.2, 0.25) is 0 Å². The number of carbonyl (C=O) groups excluding carboxylic acids is 2. The first-order valence-corrected chi connectivity index (χ1v) is 9.66. The number of amides is 1. The summed E-state index contributed by atoms with van der Waals surface area (Å²) in [5.41, 5.74) is 2.57. The molecule has 0 aromatic heterocycles. The van der Waals surface area contributed by atoms with Crippen LogP contribution in [0.5, 0.6) is 0 Å². The molecule has 4 nitrogen and oxygen atoms in total. The zero-order valence-electron chi connectivity index (χ0n) is 16.0. The summed E-state index contributed by atoms with van der Waals surface area (Å²) in [7, 11) is 0. The van der Waals surface area contributed by atoms with Gasteiger partial charge in [0.2, 0.25) is 0 Å². The molecule has 4 heteroatoms. The van der Waals surface area contributed by atoms with Crippen molar-refractivity contribution in [2.45, 2.75) is 39.2 Å². The second-order valence-electron chi connectivity index (χ2n) is 7.46. The van der Waals surface area contributed by atoms with Crippen molar-refractivity contribution >= 4 is 11.9 Å². The Morgan fingerprint density at radius 1 is 0.963 bits per heavy atom. The molecule has 1 amide bonds. The quantitative estimate of drug-likeness (QED) is 0.797. The lowest BCUT2D eigenvalue weighted by Crippen LogP contribution is -2.45. The lowest BCUT2D eigenvalue weighted by molar-refractivity contribution is -0.125. The maximum absolute atomic E-state index is 12.2. The zero-order valence-corrected chi connectivity index (χ0v) is 16.0. The number of esters is 1. The van der Waals surface area contributed by atoms with Gasteiger partial charge in [0.05, 0.1) is 5.56 Å². The summed E-state index contributed by atoms with van der Waals surface area (Å²) < 4.78 is 5.19. The molecule has 0 saturated heterocycles. The summed E-state index contributed by atoms with van der Waals surface area (Å²) in [6.45, 7) is 4.16. The lowest BCUT2D eigenvalue weighted by atomic mass is 9.78. The third-order valence-corrected chi connectivity index (χ3v) is 5.62. The van der Waals surface area contributed by atoms with E-state index in [1.165, 1.54) is 6.42 Å². The maximum atomic E-state index is 12.2. The number of benzene rings is 2. The van der Waals surface area contributed by atoms with Crippen LogP contribution in [-0.2, 0) is 9.53 Å². The number of hydrogen-bond acceptors (Lipinski definition) is 3. The van der Waals surface area contributed by atoms with Gasteiger partial charge in [-0.15, -0.1) is 0 Å². The Labute approximate surface area is 160 Å². The zero-order chi connectivity index (χ0) is 19.2. The van der Waals surface area contributed by atoms with Gasteiger partial charge >= 0.3 is 5.97 Å². The topological polar surface area (TPSA) is 55.4 Å². The second kappa shape index (κ2) is 8.85. The first-order valence-electron chi connectivity index (χ1n) is 9.66. The van der Waals surface area contributed by atoms with Crippen LogP contribution in [0.15, 0.2) is 54.6 Å². The highest BCUT2D eigenvalue weighted by atomic mass is 16.5. The third-order valence-electron chi connectivity index (χ3n) is 5.62. The second-order valence-corrected chi connectivity index (χ2v) is 7.46. The molecule has 3 rings (SSSR count). The molecule has 2 aromatic rings. The molecule has 1 fully saturated rings. The van der Waals surface area contributed by atoms with E-state index in [0.717, 1.165) is 24.0 Å². The smallest absolute Gasteiger partial charge is 0.338 e. The molecule has 3 atom stereocenters. The van der Waals surface area contributed by atoms with Gasteiger partial charge in [-0.05, 0) is 41.5 Å². The average Bonchev–Trinajstić information content (AvgIpc) is 2.70. The summed E-state index contributed by atoms with van der Waals surface area (Å²) in [6.07, 6.45) is 3.33. The molecule has 2 aromatic carbocycles. The summed E-state index contributed by atoms with van der Waals surface area (Å²) in [4.78, 5) is 24.4. The molecular formula is C23H27NO3. The van der Waals surface area contributed by atoms with E-state index in [9.17, 15) is 9.59 Å². The third kappa shape index (κ3) is 4.97. The van der Waals surface area contributed by atoms with Crippen molar-refractivity contribution in [1.29, 1.82) is 0 Å². The van der Waals surface area contributed by atoms with Crippen molar-refractivity contribution in [3.63, 3.8) is 0 Å². The number of rotatable bonds is 5. The Morgan fingerprint density at radius 2 is 1.63 bits per heavy atom. The van der Waals surface area contributed by atoms with E-state index < -0.39 is 5.97 Å². The molecule has 1 N–H and O–H groups in total. The Kier molecular flexibility index (Phi) is 6.28. The Bertz CT molecular complexity index is 770. The first kappa shape index (κ1) is 19.2. The summed E-state index contributed by atoms with van der Waals surface area (Å²) >= 11 is 0. The fourth-order valence-corrected chi connectivity index (χ4v) is 3.68. The van der Waals surface area contributed by atoms with Gasteiger partial charge in [0.15, 0.2) is 6.61 Å². The molecule has 142 valence electrons. The van der Waals surface area contributed by atoms with Crippen LogP contribution >= 0.6 is 0 Å². The molecule has 1 aliphatic carbocycles. The van der Waals surface area contributed by atoms with E-state index in [0.29, 0.717) is 17.4 Å². The van der Waals surface area contributed by atoms with Gasteiger partial charge in [0.25, 0.3) is 5.91 Å². The van der Waals surface area contributed by atoms with Crippen molar-refractivity contribution in [3.05, 3.63) is 60.2 Å². The van der Waals surface area contributed by atoms with Crippen molar-refractivity contribution < 1.29 is 14.3 Å². The van der Waals surface area contributed by atoms with Gasteiger partial charge in [-0.3, -0.25) is 4.79 Å². The van der Waals surface area contributed by atoms with Crippen LogP contribution in [-0.4, -0.2) is 24.5 Å². The van der Waals surface area contributed by atoms with Gasteiger partial charge in [0.1, 0.15) is 0 Å². The first-order chi connectivity index (χ1) is 13.0. The number of hydrogen-bond donors (Lipinski definition) is 1. The minimum Gasteiger partial charge on any atom is -0.452 e. The van der Waals surface area contributed by atoms with E-state index in [2.05, 4.69) is 19.2 Å². The predicted octanol–water partition coefficient (Wildman–Crippen LogP) is 4.45. The SMILES string of the molecule is C[C@H]1[C@H](C)CCC[C@H]1NC(=O)COC(=O)c1ccc(-c2ccccc2)cc1. The molecule has 0 bridgehead atoms. The normalized spacial score (nSPS) is 22.1. The van der Waals surface area contributed by atoms with E-state index in [4.69, 9.17) is 4.74 Å². The maximum Gasteiger partial charge on any atom is 0.338 e. The van der Waals surface area contributed by atoms with E-state index in [-0.39, 0.29) is 18.6 Å². The Morgan fingerprint density at radius 3 is 2.33 bits per heavy atom. The van der Waals surface area contributed by atoms with Crippen LogP contribution in [0.3, 0.4) is 0 Å². The predicted molar refractivity (Wildman–Crippen MR) is 106 cm³/mol. The molecular weight excluding hydrogens is 338 g/mol. The number of ether oxygens (including phenoxy) is 1. The molecule has 1 saturated carbocycles. The molecule has 0 spiro atoms. The fourth-order valence-electron chi connectivity index (χ4n) is 3.68. The highest BCUT2D eigenvalue weighted by Crippen LogP contribution is 2.29. The van der Waals surface area contributed by atoms with Crippen LogP contribution in [0.25, 0.3) is 11.1 Å².